The standard InChI is InChI=1S/C42H47N9O5/c1-2-3-24-56-42(55)47-33-19-23-50(27-33)41(54)49-37(31-8-5-4-6-9-31)40(53)51-22-7-10-36(51)38-45-26-34(48-38)30-13-11-28(12-14-30)29-15-17-32(18-16-29)46-39(52)35-25-43-20-21-44-35/h4-6,8-9,11-14,20-21,25-26,29,32-33,36-37H,7,10,15-19,22-24,27H2,1H3,(H,45,48)(H,46,52)(H,47,55)(H,49,54)/t29?,32?,33-,36+,37-/m1/s1. The number of carbonyl (C=O) groups excluding carboxylic acids is 4. The minimum absolute atomic E-state index is 0.00345. The van der Waals surface area contributed by atoms with Crippen LogP contribution in [0.15, 0.2) is 79.4 Å². The van der Waals surface area contributed by atoms with Gasteiger partial charge in [0, 0.05) is 38.1 Å². The van der Waals surface area contributed by atoms with Gasteiger partial charge >= 0.3 is 12.1 Å². The van der Waals surface area contributed by atoms with Crippen molar-refractivity contribution in [2.45, 2.75) is 82.0 Å². The van der Waals surface area contributed by atoms with Crippen molar-refractivity contribution in [2.75, 3.05) is 26.2 Å². The molecule has 2 saturated heterocycles. The number of likely N-dealkylation sites (tertiary alicyclic amines) is 2. The lowest BCUT2D eigenvalue weighted by Gasteiger charge is -2.30. The lowest BCUT2D eigenvalue weighted by atomic mass is 9.81. The van der Waals surface area contributed by atoms with Crippen LogP contribution in [0.2, 0.25) is 0 Å². The molecule has 0 bridgehead atoms. The van der Waals surface area contributed by atoms with Crippen molar-refractivity contribution in [3.63, 3.8) is 0 Å². The van der Waals surface area contributed by atoms with E-state index in [4.69, 9.17) is 9.72 Å². The van der Waals surface area contributed by atoms with E-state index in [2.05, 4.69) is 67.0 Å². The molecule has 2 aromatic carbocycles. The Kier molecular flexibility index (Phi) is 12.2. The molecule has 56 heavy (non-hydrogen) atoms. The number of aromatic nitrogens is 4. The summed E-state index contributed by atoms with van der Waals surface area (Å²) in [6, 6.07) is 16.1. The smallest absolute Gasteiger partial charge is 0.408 e. The van der Waals surface area contributed by atoms with E-state index in [0.29, 0.717) is 49.1 Å². The summed E-state index contributed by atoms with van der Waals surface area (Å²) in [7, 11) is 0. The summed E-state index contributed by atoms with van der Waals surface area (Å²) in [6.07, 6.45) is 11.7. The van der Waals surface area contributed by atoms with E-state index in [1.165, 1.54) is 18.0 Å². The average molecular weight is 758 g/mol. The summed E-state index contributed by atoms with van der Waals surface area (Å²) in [4.78, 5) is 72.3. The summed E-state index contributed by atoms with van der Waals surface area (Å²) in [5, 5.41) is 8.89. The number of hydrogen-bond donors (Lipinski definition) is 4. The van der Waals surface area contributed by atoms with Gasteiger partial charge < -0.3 is 35.5 Å². The van der Waals surface area contributed by atoms with Crippen molar-refractivity contribution >= 4 is 23.9 Å². The number of benzene rings is 2. The first-order valence-corrected chi connectivity index (χ1v) is 19.3. The SMILES string of the molecule is CC#CCOC(=O)N[C@@H]1CCN(C(=O)N[C@@H](C(=O)N2CCC[C@H]2c2ncc(-c3ccc(C4CCC(NC(=O)c5cnccn5)CC4)cc3)[nH]2)c2ccccc2)C1. The zero-order chi connectivity index (χ0) is 38.9. The average Bonchev–Trinajstić information content (AvgIpc) is 4.03. The van der Waals surface area contributed by atoms with E-state index in [1.54, 1.807) is 18.0 Å². The highest BCUT2D eigenvalue weighted by atomic mass is 16.5. The highest BCUT2D eigenvalue weighted by molar-refractivity contribution is 5.92. The van der Waals surface area contributed by atoms with Gasteiger partial charge in [0.2, 0.25) is 5.91 Å². The number of urea groups is 1. The van der Waals surface area contributed by atoms with Gasteiger partial charge in [-0.3, -0.25) is 14.6 Å². The number of nitrogens with one attached hydrogen (secondary N) is 4. The van der Waals surface area contributed by atoms with Crippen LogP contribution in [0.5, 0.6) is 0 Å². The Morgan fingerprint density at radius 3 is 2.45 bits per heavy atom. The molecule has 4 N–H and O–H groups in total. The highest BCUT2D eigenvalue weighted by Gasteiger charge is 2.38. The lowest BCUT2D eigenvalue weighted by molar-refractivity contribution is -0.134. The summed E-state index contributed by atoms with van der Waals surface area (Å²) >= 11 is 0. The zero-order valence-electron chi connectivity index (χ0n) is 31.4. The first-order valence-electron chi connectivity index (χ1n) is 19.3. The van der Waals surface area contributed by atoms with Crippen molar-refractivity contribution < 1.29 is 23.9 Å². The van der Waals surface area contributed by atoms with Crippen molar-refractivity contribution in [2.24, 2.45) is 0 Å². The Labute approximate surface area is 326 Å². The Balaban J connectivity index is 0.960. The second kappa shape index (κ2) is 17.9. The molecule has 2 aromatic heterocycles. The van der Waals surface area contributed by atoms with Crippen LogP contribution in [0.25, 0.3) is 11.3 Å². The van der Waals surface area contributed by atoms with Crippen LogP contribution in [0.3, 0.4) is 0 Å². The van der Waals surface area contributed by atoms with E-state index in [-0.39, 0.29) is 42.6 Å². The van der Waals surface area contributed by atoms with Gasteiger partial charge in [-0.2, -0.15) is 0 Å². The van der Waals surface area contributed by atoms with Crippen LogP contribution in [-0.2, 0) is 9.53 Å². The van der Waals surface area contributed by atoms with E-state index < -0.39 is 12.1 Å². The van der Waals surface area contributed by atoms with Gasteiger partial charge in [-0.05, 0) is 74.5 Å². The minimum Gasteiger partial charge on any atom is -0.436 e. The maximum absolute atomic E-state index is 14.4. The Bertz CT molecular complexity index is 2040. The molecule has 290 valence electrons. The van der Waals surface area contributed by atoms with Crippen molar-refractivity contribution in [3.05, 3.63) is 102 Å². The third-order valence-electron chi connectivity index (χ3n) is 10.9. The fraction of sp³-hybridized carbons (Fsp3) is 0.405. The number of nitrogens with zero attached hydrogens (tertiary/aromatic N) is 5. The Morgan fingerprint density at radius 2 is 1.70 bits per heavy atom. The molecule has 14 heteroatoms. The molecule has 5 amide bonds. The van der Waals surface area contributed by atoms with E-state index in [9.17, 15) is 19.2 Å². The van der Waals surface area contributed by atoms with Gasteiger partial charge in [-0.15, -0.1) is 5.92 Å². The first-order chi connectivity index (χ1) is 27.4. The summed E-state index contributed by atoms with van der Waals surface area (Å²) in [5.74, 6) is 6.10. The summed E-state index contributed by atoms with van der Waals surface area (Å²) < 4.78 is 5.06. The van der Waals surface area contributed by atoms with Crippen LogP contribution >= 0.6 is 0 Å². The molecular formula is C42H47N9O5. The van der Waals surface area contributed by atoms with Crippen molar-refractivity contribution in [1.29, 1.82) is 0 Å². The number of ether oxygens (including phenoxy) is 1. The van der Waals surface area contributed by atoms with Gasteiger partial charge in [0.25, 0.3) is 5.91 Å². The second-order valence-electron chi connectivity index (χ2n) is 14.5. The fourth-order valence-electron chi connectivity index (χ4n) is 7.91. The number of rotatable bonds is 10. The molecule has 4 aromatic rings. The quantitative estimate of drug-likeness (QED) is 0.159. The number of H-pyrrole nitrogens is 1. The Hall–Kier alpha value is -6.23. The Morgan fingerprint density at radius 1 is 0.893 bits per heavy atom. The maximum atomic E-state index is 14.4. The predicted molar refractivity (Wildman–Crippen MR) is 208 cm³/mol. The van der Waals surface area contributed by atoms with Gasteiger partial charge in [-0.1, -0.05) is 60.5 Å². The molecule has 2 aliphatic heterocycles. The van der Waals surface area contributed by atoms with Crippen LogP contribution < -0.4 is 16.0 Å². The van der Waals surface area contributed by atoms with Crippen molar-refractivity contribution in [3.8, 4) is 23.1 Å². The number of imidazole rings is 1. The zero-order valence-corrected chi connectivity index (χ0v) is 31.4. The molecule has 3 fully saturated rings. The third-order valence-corrected chi connectivity index (χ3v) is 10.9. The molecule has 3 aliphatic rings. The summed E-state index contributed by atoms with van der Waals surface area (Å²) in [6.45, 7) is 2.94. The molecule has 14 nitrogen and oxygen atoms in total. The third kappa shape index (κ3) is 9.17. The second-order valence-corrected chi connectivity index (χ2v) is 14.5. The van der Waals surface area contributed by atoms with Crippen LogP contribution in [0, 0.1) is 11.8 Å². The van der Waals surface area contributed by atoms with Gasteiger partial charge in [0.1, 0.15) is 17.6 Å². The number of carbonyl (C=O) groups is 4. The molecule has 1 aliphatic carbocycles. The molecule has 0 radical (unpaired) electrons. The van der Waals surface area contributed by atoms with Crippen molar-refractivity contribution in [1.82, 2.24) is 45.7 Å². The number of alkyl carbamates (subject to hydrolysis) is 1. The van der Waals surface area contributed by atoms with E-state index >= 15 is 0 Å². The van der Waals surface area contributed by atoms with E-state index in [0.717, 1.165) is 49.8 Å². The number of amides is 5. The fourth-order valence-corrected chi connectivity index (χ4v) is 7.91. The summed E-state index contributed by atoms with van der Waals surface area (Å²) in [5.41, 5.74) is 4.17. The molecule has 1 saturated carbocycles. The number of aromatic amines is 1. The molecule has 3 atom stereocenters. The van der Waals surface area contributed by atoms with Crippen LogP contribution in [-0.4, -0.2) is 92.0 Å². The lowest BCUT2D eigenvalue weighted by Crippen LogP contribution is -2.48. The number of hydrogen-bond acceptors (Lipinski definition) is 8. The predicted octanol–water partition coefficient (Wildman–Crippen LogP) is 5.26. The topological polar surface area (TPSA) is 175 Å². The van der Waals surface area contributed by atoms with Gasteiger partial charge in [0.05, 0.1) is 30.2 Å². The minimum atomic E-state index is -0.902. The molecule has 0 unspecified atom stereocenters. The largest absolute Gasteiger partial charge is 0.436 e. The van der Waals surface area contributed by atoms with Crippen LogP contribution in [0.4, 0.5) is 9.59 Å². The van der Waals surface area contributed by atoms with Gasteiger partial charge in [-0.25, -0.2) is 19.6 Å². The molecular weight excluding hydrogens is 711 g/mol. The van der Waals surface area contributed by atoms with Gasteiger partial charge in [0.15, 0.2) is 6.61 Å². The highest BCUT2D eigenvalue weighted by Crippen LogP contribution is 2.36. The molecule has 0 spiro atoms. The molecule has 4 heterocycles. The molecule has 7 rings (SSSR count). The maximum Gasteiger partial charge on any atom is 0.408 e. The monoisotopic (exact) mass is 757 g/mol. The first kappa shape index (κ1) is 38.1. The van der Waals surface area contributed by atoms with Crippen LogP contribution in [0.1, 0.15) is 97.3 Å². The van der Waals surface area contributed by atoms with E-state index in [1.807, 2.05) is 41.4 Å². The normalized spacial score (nSPS) is 21.0.